The molecule has 0 heterocycles. The first-order valence-corrected chi connectivity index (χ1v) is 9.17. The van der Waals surface area contributed by atoms with Crippen molar-refractivity contribution in [3.63, 3.8) is 0 Å². The third-order valence-corrected chi connectivity index (χ3v) is 7.46. The van der Waals surface area contributed by atoms with Crippen LogP contribution in [0.4, 0.5) is 0 Å². The molecule has 2 fully saturated rings. The zero-order valence-corrected chi connectivity index (χ0v) is 13.9. The Morgan fingerprint density at radius 3 is 2.91 bits per heavy atom. The molecule has 4 aliphatic rings. The summed E-state index contributed by atoms with van der Waals surface area (Å²) < 4.78 is 0. The van der Waals surface area contributed by atoms with Gasteiger partial charge in [0.25, 0.3) is 0 Å². The number of carbonyl (C=O) groups excluding carboxylic acids is 1. The van der Waals surface area contributed by atoms with E-state index in [0.717, 1.165) is 38.5 Å². The van der Waals surface area contributed by atoms with Crippen molar-refractivity contribution < 1.29 is 9.90 Å². The molecule has 4 aliphatic carbocycles. The molecule has 0 radical (unpaired) electrons. The Morgan fingerprint density at radius 2 is 2.17 bits per heavy atom. The highest BCUT2D eigenvalue weighted by molar-refractivity contribution is 5.91. The van der Waals surface area contributed by atoms with Gasteiger partial charge in [-0.1, -0.05) is 30.6 Å². The third kappa shape index (κ3) is 1.89. The summed E-state index contributed by atoms with van der Waals surface area (Å²) >= 11 is 0. The van der Waals surface area contributed by atoms with Crippen LogP contribution in [-0.4, -0.2) is 16.5 Å². The van der Waals surface area contributed by atoms with Crippen molar-refractivity contribution in [1.29, 1.82) is 0 Å². The van der Waals surface area contributed by atoms with Gasteiger partial charge in [0.1, 0.15) is 5.60 Å². The number of hydrogen-bond donors (Lipinski definition) is 1. The van der Waals surface area contributed by atoms with Gasteiger partial charge in [-0.05, 0) is 68.3 Å². The maximum absolute atomic E-state index is 11.7. The van der Waals surface area contributed by atoms with Gasteiger partial charge in [0.15, 0.2) is 5.78 Å². The van der Waals surface area contributed by atoms with Crippen molar-refractivity contribution in [2.75, 3.05) is 0 Å². The maximum atomic E-state index is 11.7. The molecule has 0 aromatic carbocycles. The van der Waals surface area contributed by atoms with Crippen LogP contribution in [0.25, 0.3) is 0 Å². The predicted molar refractivity (Wildman–Crippen MR) is 90.4 cm³/mol. The number of rotatable bonds is 1. The van der Waals surface area contributed by atoms with E-state index in [1.807, 2.05) is 6.08 Å². The SMILES string of the molecule is C#C[C@]1(O)CC[C@H]2[C@@H]3CCC4=CC(=O)CCC4[C@H]3C=C[C@@]21CC. The second-order valence-electron chi connectivity index (χ2n) is 8.01. The van der Waals surface area contributed by atoms with Crippen molar-refractivity contribution in [1.82, 2.24) is 0 Å². The van der Waals surface area contributed by atoms with Gasteiger partial charge in [-0.2, -0.15) is 0 Å². The van der Waals surface area contributed by atoms with Gasteiger partial charge in [-0.3, -0.25) is 4.79 Å². The van der Waals surface area contributed by atoms with Crippen molar-refractivity contribution in [2.45, 2.75) is 57.5 Å². The zero-order valence-electron chi connectivity index (χ0n) is 13.9. The lowest BCUT2D eigenvalue weighted by molar-refractivity contribution is -0.115. The normalized spacial score (nSPS) is 48.0. The highest BCUT2D eigenvalue weighted by Gasteiger charge is 2.61. The summed E-state index contributed by atoms with van der Waals surface area (Å²) in [7, 11) is 0. The second kappa shape index (κ2) is 5.08. The Morgan fingerprint density at radius 1 is 1.35 bits per heavy atom. The molecule has 0 spiro atoms. The Labute approximate surface area is 139 Å². The van der Waals surface area contributed by atoms with Crippen molar-refractivity contribution in [3.8, 4) is 12.3 Å². The van der Waals surface area contributed by atoms with E-state index in [1.54, 1.807) is 0 Å². The molecule has 0 amide bonds. The number of terminal acetylenes is 1. The molecule has 4 rings (SSSR count). The molecule has 23 heavy (non-hydrogen) atoms. The van der Waals surface area contributed by atoms with Crippen molar-refractivity contribution in [3.05, 3.63) is 23.8 Å². The molecular formula is C21H26O2. The van der Waals surface area contributed by atoms with E-state index in [4.69, 9.17) is 6.42 Å². The molecular weight excluding hydrogens is 284 g/mol. The average molecular weight is 310 g/mol. The quantitative estimate of drug-likeness (QED) is 0.593. The van der Waals surface area contributed by atoms with Gasteiger partial charge in [0.05, 0.1) is 0 Å². The first kappa shape index (κ1) is 15.2. The van der Waals surface area contributed by atoms with E-state index in [-0.39, 0.29) is 5.41 Å². The summed E-state index contributed by atoms with van der Waals surface area (Å²) in [6.07, 6.45) is 18.8. The summed E-state index contributed by atoms with van der Waals surface area (Å²) in [6, 6.07) is 0. The van der Waals surface area contributed by atoms with Crippen LogP contribution in [0.2, 0.25) is 0 Å². The van der Waals surface area contributed by atoms with Crippen molar-refractivity contribution >= 4 is 5.78 Å². The van der Waals surface area contributed by atoms with Gasteiger partial charge in [0.2, 0.25) is 0 Å². The topological polar surface area (TPSA) is 37.3 Å². The molecule has 0 bridgehead atoms. The number of aliphatic hydroxyl groups is 1. The van der Waals surface area contributed by atoms with Crippen LogP contribution in [0.1, 0.15) is 51.9 Å². The van der Waals surface area contributed by atoms with E-state index in [1.165, 1.54) is 5.57 Å². The minimum atomic E-state index is -0.980. The number of fused-ring (bicyclic) bond motifs is 5. The van der Waals surface area contributed by atoms with Crippen LogP contribution < -0.4 is 0 Å². The van der Waals surface area contributed by atoms with Gasteiger partial charge < -0.3 is 5.11 Å². The highest BCUT2D eigenvalue weighted by atomic mass is 16.3. The molecule has 122 valence electrons. The van der Waals surface area contributed by atoms with Gasteiger partial charge in [-0.15, -0.1) is 6.42 Å². The van der Waals surface area contributed by atoms with E-state index in [0.29, 0.717) is 35.9 Å². The molecule has 0 aliphatic heterocycles. The zero-order chi connectivity index (χ0) is 16.2. The van der Waals surface area contributed by atoms with E-state index < -0.39 is 5.60 Å². The highest BCUT2D eigenvalue weighted by Crippen LogP contribution is 2.63. The lowest BCUT2D eigenvalue weighted by atomic mass is 9.52. The number of allylic oxidation sites excluding steroid dienone is 3. The monoisotopic (exact) mass is 310 g/mol. The Kier molecular flexibility index (Phi) is 3.36. The fourth-order valence-corrected chi connectivity index (χ4v) is 6.32. The number of ketones is 1. The van der Waals surface area contributed by atoms with E-state index in [9.17, 15) is 9.90 Å². The smallest absolute Gasteiger partial charge is 0.155 e. The Hall–Kier alpha value is -1.33. The lowest BCUT2D eigenvalue weighted by Crippen LogP contribution is -2.51. The van der Waals surface area contributed by atoms with Gasteiger partial charge >= 0.3 is 0 Å². The third-order valence-electron chi connectivity index (χ3n) is 7.46. The van der Waals surface area contributed by atoms with Crippen LogP contribution in [0.3, 0.4) is 0 Å². The average Bonchev–Trinajstić information content (AvgIpc) is 2.88. The Bertz CT molecular complexity index is 637. The minimum Gasteiger partial charge on any atom is -0.377 e. The molecule has 1 N–H and O–H groups in total. The summed E-state index contributed by atoms with van der Waals surface area (Å²) in [4.78, 5) is 11.7. The van der Waals surface area contributed by atoms with Crippen LogP contribution >= 0.6 is 0 Å². The fraction of sp³-hybridized carbons (Fsp3) is 0.667. The fourth-order valence-electron chi connectivity index (χ4n) is 6.32. The van der Waals surface area contributed by atoms with E-state index in [2.05, 4.69) is 25.0 Å². The van der Waals surface area contributed by atoms with Gasteiger partial charge in [0, 0.05) is 11.8 Å². The molecule has 0 saturated heterocycles. The number of hydrogen-bond acceptors (Lipinski definition) is 2. The first-order valence-electron chi connectivity index (χ1n) is 9.17. The predicted octanol–water partition coefficient (Wildman–Crippen LogP) is 3.66. The first-order chi connectivity index (χ1) is 11.0. The lowest BCUT2D eigenvalue weighted by Gasteiger charge is -2.52. The van der Waals surface area contributed by atoms with Crippen LogP contribution in [0.5, 0.6) is 0 Å². The second-order valence-corrected chi connectivity index (χ2v) is 8.01. The van der Waals surface area contributed by atoms with Crippen LogP contribution in [0.15, 0.2) is 23.8 Å². The van der Waals surface area contributed by atoms with Crippen molar-refractivity contribution in [2.24, 2.45) is 29.1 Å². The van der Waals surface area contributed by atoms with Crippen LogP contribution in [0, 0.1) is 41.4 Å². The molecule has 6 atom stereocenters. The summed E-state index contributed by atoms with van der Waals surface area (Å²) in [5.74, 6) is 5.21. The molecule has 0 aromatic rings. The standard InChI is InChI=1S/C21H26O2/c1-3-20-11-9-17-16-8-6-15(22)13-14(16)5-7-18(17)19(20)10-12-21(20,23)4-2/h2,9,11,13,16-19,23H,3,5-8,10,12H2,1H3/t16?,17-,18-,19+,20+,21+/m1/s1. The summed E-state index contributed by atoms with van der Waals surface area (Å²) in [5.41, 5.74) is 0.155. The molecule has 0 aromatic heterocycles. The van der Waals surface area contributed by atoms with Crippen LogP contribution in [-0.2, 0) is 4.79 Å². The summed E-state index contributed by atoms with van der Waals surface area (Å²) in [5, 5.41) is 11.1. The molecule has 2 heteroatoms. The summed E-state index contributed by atoms with van der Waals surface area (Å²) in [6.45, 7) is 2.17. The molecule has 2 saturated carbocycles. The Balaban J connectivity index is 1.74. The minimum absolute atomic E-state index is 0.241. The molecule has 1 unspecified atom stereocenters. The number of carbonyl (C=O) groups is 1. The van der Waals surface area contributed by atoms with Gasteiger partial charge in [-0.25, -0.2) is 0 Å². The molecule has 2 nitrogen and oxygen atoms in total. The maximum Gasteiger partial charge on any atom is 0.155 e. The van der Waals surface area contributed by atoms with E-state index >= 15 is 0 Å². The largest absolute Gasteiger partial charge is 0.377 e.